The minimum Gasteiger partial charge on any atom is -0.334 e. The maximum atomic E-state index is 5.56. The summed E-state index contributed by atoms with van der Waals surface area (Å²) in [5.74, 6) is 1.18. The third kappa shape index (κ3) is 2.49. The Labute approximate surface area is 107 Å². The number of nitrogens with two attached hydrogens (primary N) is 1. The number of allylic oxidation sites excluding steroid dienone is 2. The molecule has 4 nitrogen and oxygen atoms in total. The largest absolute Gasteiger partial charge is 0.334 e. The van der Waals surface area contributed by atoms with E-state index >= 15 is 0 Å². The molecule has 2 rings (SSSR count). The second-order valence-electron chi connectivity index (χ2n) is 4.45. The Hall–Kier alpha value is -1.94. The summed E-state index contributed by atoms with van der Waals surface area (Å²) in [6.45, 7) is 6.56. The fourth-order valence-electron chi connectivity index (χ4n) is 1.50. The van der Waals surface area contributed by atoms with E-state index in [-0.39, 0.29) is 0 Å². The van der Waals surface area contributed by atoms with Crippen LogP contribution in [-0.4, -0.2) is 10.1 Å². The number of nitrogens with zero attached hydrogens (tertiary/aromatic N) is 2. The highest BCUT2D eigenvalue weighted by Gasteiger charge is 2.10. The lowest BCUT2D eigenvalue weighted by molar-refractivity contribution is 0.408. The molecule has 0 bridgehead atoms. The van der Waals surface area contributed by atoms with Crippen molar-refractivity contribution in [1.82, 2.24) is 10.1 Å². The van der Waals surface area contributed by atoms with Crippen molar-refractivity contribution in [2.45, 2.75) is 27.3 Å². The molecule has 0 saturated heterocycles. The van der Waals surface area contributed by atoms with Crippen LogP contribution in [0.3, 0.4) is 0 Å². The smallest absolute Gasteiger partial charge is 0.253 e. The predicted molar refractivity (Wildman–Crippen MR) is 71.6 cm³/mol. The van der Waals surface area contributed by atoms with E-state index in [1.165, 1.54) is 5.57 Å². The van der Waals surface area contributed by atoms with Crippen LogP contribution in [0.25, 0.3) is 17.0 Å². The molecule has 0 unspecified atom stereocenters. The molecular formula is C14H17N3O. The highest BCUT2D eigenvalue weighted by atomic mass is 16.5. The molecule has 0 saturated carbocycles. The van der Waals surface area contributed by atoms with Crippen molar-refractivity contribution >= 4 is 5.57 Å². The molecule has 18 heavy (non-hydrogen) atoms. The van der Waals surface area contributed by atoms with Gasteiger partial charge in [0.25, 0.3) is 5.89 Å². The fourth-order valence-corrected chi connectivity index (χ4v) is 1.50. The maximum absolute atomic E-state index is 5.56. The Morgan fingerprint density at radius 1 is 1.17 bits per heavy atom. The first-order chi connectivity index (χ1) is 8.61. The first-order valence-corrected chi connectivity index (χ1v) is 5.89. The summed E-state index contributed by atoms with van der Waals surface area (Å²) < 4.78 is 5.26. The van der Waals surface area contributed by atoms with Crippen LogP contribution < -0.4 is 5.73 Å². The Morgan fingerprint density at radius 2 is 1.83 bits per heavy atom. The van der Waals surface area contributed by atoms with Gasteiger partial charge in [-0.15, -0.1) is 0 Å². The third-order valence-electron chi connectivity index (χ3n) is 2.94. The van der Waals surface area contributed by atoms with Crippen LogP contribution in [0, 0.1) is 0 Å². The number of benzene rings is 1. The molecule has 1 aromatic heterocycles. The van der Waals surface area contributed by atoms with Gasteiger partial charge in [0.15, 0.2) is 0 Å². The Balaban J connectivity index is 2.32. The summed E-state index contributed by atoms with van der Waals surface area (Å²) in [5.41, 5.74) is 9.77. The van der Waals surface area contributed by atoms with Crippen LogP contribution in [0.15, 0.2) is 34.4 Å². The summed E-state index contributed by atoms with van der Waals surface area (Å²) in [4.78, 5) is 4.39. The zero-order valence-corrected chi connectivity index (χ0v) is 10.9. The molecular weight excluding hydrogens is 226 g/mol. The van der Waals surface area contributed by atoms with Gasteiger partial charge in [0.05, 0.1) is 0 Å². The molecule has 1 aromatic carbocycles. The van der Waals surface area contributed by atoms with Crippen molar-refractivity contribution in [2.24, 2.45) is 5.73 Å². The van der Waals surface area contributed by atoms with Crippen molar-refractivity contribution < 1.29 is 4.52 Å². The topological polar surface area (TPSA) is 64.9 Å². The summed E-state index contributed by atoms with van der Waals surface area (Å²) >= 11 is 0. The molecule has 2 aromatic rings. The normalized spacial score (nSPS) is 10.4. The lowest BCUT2D eigenvalue weighted by atomic mass is 10.1. The fraction of sp³-hybridized carbons (Fsp3) is 0.286. The van der Waals surface area contributed by atoms with Crippen LogP contribution in [-0.2, 0) is 6.54 Å². The zero-order chi connectivity index (χ0) is 13.1. The lowest BCUT2D eigenvalue weighted by Crippen LogP contribution is -1.95. The number of rotatable bonds is 3. The summed E-state index contributed by atoms with van der Waals surface area (Å²) in [7, 11) is 0. The molecule has 0 aliphatic heterocycles. The third-order valence-corrected chi connectivity index (χ3v) is 2.94. The quantitative estimate of drug-likeness (QED) is 0.900. The van der Waals surface area contributed by atoms with E-state index in [2.05, 4.69) is 10.1 Å². The van der Waals surface area contributed by atoms with E-state index in [0.29, 0.717) is 18.3 Å². The van der Waals surface area contributed by atoms with Crippen molar-refractivity contribution in [3.8, 4) is 11.4 Å². The van der Waals surface area contributed by atoms with E-state index in [9.17, 15) is 0 Å². The zero-order valence-electron chi connectivity index (χ0n) is 10.9. The van der Waals surface area contributed by atoms with Crippen LogP contribution in [0.4, 0.5) is 0 Å². The van der Waals surface area contributed by atoms with Gasteiger partial charge < -0.3 is 10.3 Å². The Bertz CT molecular complexity index is 563. The van der Waals surface area contributed by atoms with E-state index in [1.54, 1.807) is 0 Å². The molecule has 94 valence electrons. The van der Waals surface area contributed by atoms with E-state index in [0.717, 1.165) is 16.7 Å². The van der Waals surface area contributed by atoms with Crippen LogP contribution in [0.2, 0.25) is 0 Å². The van der Waals surface area contributed by atoms with Gasteiger partial charge in [0.2, 0.25) is 5.82 Å². The minimum absolute atomic E-state index is 0.536. The molecule has 0 atom stereocenters. The maximum Gasteiger partial charge on any atom is 0.253 e. The molecule has 1 heterocycles. The van der Waals surface area contributed by atoms with Crippen molar-refractivity contribution in [3.05, 3.63) is 41.3 Å². The summed E-state index contributed by atoms with van der Waals surface area (Å²) in [5, 5.41) is 3.99. The highest BCUT2D eigenvalue weighted by molar-refractivity contribution is 5.62. The SMILES string of the molecule is CC(C)=C(C)c1nc(-c2ccc(CN)cc2)no1. The summed E-state index contributed by atoms with van der Waals surface area (Å²) in [6.07, 6.45) is 0. The predicted octanol–water partition coefficient (Wildman–Crippen LogP) is 3.01. The van der Waals surface area contributed by atoms with Gasteiger partial charge in [-0.25, -0.2) is 0 Å². The molecule has 0 fully saturated rings. The first-order valence-electron chi connectivity index (χ1n) is 5.89. The van der Waals surface area contributed by atoms with Gasteiger partial charge >= 0.3 is 0 Å². The van der Waals surface area contributed by atoms with Crippen molar-refractivity contribution in [3.63, 3.8) is 0 Å². The minimum atomic E-state index is 0.536. The number of hydrogen-bond acceptors (Lipinski definition) is 4. The van der Waals surface area contributed by atoms with E-state index < -0.39 is 0 Å². The van der Waals surface area contributed by atoms with Gasteiger partial charge in [-0.05, 0) is 26.3 Å². The Kier molecular flexibility index (Phi) is 3.58. The second kappa shape index (κ2) is 5.14. The average Bonchev–Trinajstić information content (AvgIpc) is 2.87. The molecule has 4 heteroatoms. The number of aromatic nitrogens is 2. The number of hydrogen-bond donors (Lipinski definition) is 1. The van der Waals surface area contributed by atoms with Gasteiger partial charge in [-0.3, -0.25) is 0 Å². The van der Waals surface area contributed by atoms with E-state index in [1.807, 2.05) is 45.0 Å². The second-order valence-corrected chi connectivity index (χ2v) is 4.45. The molecule has 0 spiro atoms. The highest BCUT2D eigenvalue weighted by Crippen LogP contribution is 2.21. The standard InChI is InChI=1S/C14H17N3O/c1-9(2)10(3)14-16-13(17-18-14)12-6-4-11(8-15)5-7-12/h4-7H,8,15H2,1-3H3. The van der Waals surface area contributed by atoms with Gasteiger partial charge in [-0.2, -0.15) is 4.98 Å². The van der Waals surface area contributed by atoms with Crippen LogP contribution in [0.1, 0.15) is 32.2 Å². The van der Waals surface area contributed by atoms with Crippen LogP contribution >= 0.6 is 0 Å². The van der Waals surface area contributed by atoms with E-state index in [4.69, 9.17) is 10.3 Å². The lowest BCUT2D eigenvalue weighted by Gasteiger charge is -1.97. The molecule has 0 aliphatic rings. The molecule has 2 N–H and O–H groups in total. The van der Waals surface area contributed by atoms with Crippen LogP contribution in [0.5, 0.6) is 0 Å². The van der Waals surface area contributed by atoms with Gasteiger partial charge in [-0.1, -0.05) is 35.0 Å². The summed E-state index contributed by atoms with van der Waals surface area (Å²) in [6, 6.07) is 7.85. The molecule has 0 amide bonds. The van der Waals surface area contributed by atoms with Gasteiger partial charge in [0, 0.05) is 17.7 Å². The molecule has 0 aliphatic carbocycles. The monoisotopic (exact) mass is 243 g/mol. The van der Waals surface area contributed by atoms with Gasteiger partial charge in [0.1, 0.15) is 0 Å². The Morgan fingerprint density at radius 3 is 2.39 bits per heavy atom. The molecule has 0 radical (unpaired) electrons. The van der Waals surface area contributed by atoms with Crippen molar-refractivity contribution in [1.29, 1.82) is 0 Å². The average molecular weight is 243 g/mol. The van der Waals surface area contributed by atoms with Crippen molar-refractivity contribution in [2.75, 3.05) is 0 Å². The first kappa shape index (κ1) is 12.5.